The summed E-state index contributed by atoms with van der Waals surface area (Å²) >= 11 is 0. The molecule has 1 N–H and O–H groups in total. The Labute approximate surface area is 162 Å². The second kappa shape index (κ2) is 7.15. The normalized spacial score (nSPS) is 10.8. The lowest BCUT2D eigenvalue weighted by atomic mass is 10.1. The summed E-state index contributed by atoms with van der Waals surface area (Å²) in [4.78, 5) is 13.1. The molecule has 5 nitrogen and oxygen atoms in total. The molecule has 2 aromatic heterocycles. The number of aryl methyl sites for hydroxylation is 1. The number of carbonyl (C=O) groups is 1. The minimum absolute atomic E-state index is 0.278. The standard InChI is InChI=1S/C22H19FN4O/c1-15-7-5-10-20(16(15)2)25-21(28)19-14-24-27(18-9-6-8-17(23)13-18)22(19)26-11-3-4-12-26/h3-14H,1-2H3,(H,25,28). The summed E-state index contributed by atoms with van der Waals surface area (Å²) in [6.45, 7) is 3.96. The van der Waals surface area contributed by atoms with Crippen molar-refractivity contribution in [1.82, 2.24) is 14.3 Å². The van der Waals surface area contributed by atoms with Gasteiger partial charge in [-0.25, -0.2) is 9.07 Å². The maximum atomic E-state index is 13.7. The third-order valence-electron chi connectivity index (χ3n) is 4.74. The van der Waals surface area contributed by atoms with Crippen molar-refractivity contribution in [3.8, 4) is 11.5 Å². The Bertz CT molecular complexity index is 1150. The second-order valence-corrected chi connectivity index (χ2v) is 6.57. The van der Waals surface area contributed by atoms with Gasteiger partial charge in [0.15, 0.2) is 5.82 Å². The Morgan fingerprint density at radius 3 is 2.54 bits per heavy atom. The van der Waals surface area contributed by atoms with E-state index in [-0.39, 0.29) is 11.7 Å². The molecule has 0 radical (unpaired) electrons. The van der Waals surface area contributed by atoms with Crippen molar-refractivity contribution in [2.75, 3.05) is 5.32 Å². The lowest BCUT2D eigenvalue weighted by Crippen LogP contribution is -2.16. The average Bonchev–Trinajstić information content (AvgIpc) is 3.34. The highest BCUT2D eigenvalue weighted by Crippen LogP contribution is 2.23. The first-order valence-corrected chi connectivity index (χ1v) is 8.89. The summed E-state index contributed by atoms with van der Waals surface area (Å²) in [5.74, 6) is -0.105. The Balaban J connectivity index is 1.79. The zero-order chi connectivity index (χ0) is 19.7. The molecule has 0 unspecified atom stereocenters. The van der Waals surface area contributed by atoms with Crippen LogP contribution in [0.4, 0.5) is 10.1 Å². The third kappa shape index (κ3) is 3.20. The van der Waals surface area contributed by atoms with Crippen LogP contribution in [0.3, 0.4) is 0 Å². The van der Waals surface area contributed by atoms with Crippen LogP contribution in [-0.4, -0.2) is 20.3 Å². The summed E-state index contributed by atoms with van der Waals surface area (Å²) < 4.78 is 17.1. The predicted molar refractivity (Wildman–Crippen MR) is 107 cm³/mol. The minimum atomic E-state index is -0.368. The van der Waals surface area contributed by atoms with Gasteiger partial charge in [0.25, 0.3) is 5.91 Å². The second-order valence-electron chi connectivity index (χ2n) is 6.57. The molecule has 0 fully saturated rings. The zero-order valence-electron chi connectivity index (χ0n) is 15.6. The molecule has 2 heterocycles. The molecule has 2 aromatic carbocycles. The SMILES string of the molecule is Cc1cccc(NC(=O)c2cnn(-c3cccc(F)c3)c2-n2cccc2)c1C. The fourth-order valence-corrected chi connectivity index (χ4v) is 3.10. The van der Waals surface area contributed by atoms with E-state index < -0.39 is 0 Å². The van der Waals surface area contributed by atoms with Gasteiger partial charge in [-0.3, -0.25) is 4.79 Å². The smallest absolute Gasteiger partial charge is 0.261 e. The van der Waals surface area contributed by atoms with Gasteiger partial charge in [-0.1, -0.05) is 18.2 Å². The first kappa shape index (κ1) is 17.7. The van der Waals surface area contributed by atoms with Gasteiger partial charge in [0.1, 0.15) is 11.4 Å². The van der Waals surface area contributed by atoms with E-state index in [0.29, 0.717) is 17.1 Å². The van der Waals surface area contributed by atoms with Gasteiger partial charge in [0.05, 0.1) is 11.9 Å². The van der Waals surface area contributed by atoms with E-state index in [0.717, 1.165) is 16.8 Å². The van der Waals surface area contributed by atoms with Gasteiger partial charge in [0, 0.05) is 18.1 Å². The van der Waals surface area contributed by atoms with E-state index >= 15 is 0 Å². The highest BCUT2D eigenvalue weighted by Gasteiger charge is 2.20. The van der Waals surface area contributed by atoms with Crippen LogP contribution >= 0.6 is 0 Å². The van der Waals surface area contributed by atoms with Gasteiger partial charge in [-0.15, -0.1) is 0 Å². The van der Waals surface area contributed by atoms with E-state index in [4.69, 9.17) is 0 Å². The van der Waals surface area contributed by atoms with Gasteiger partial charge in [-0.2, -0.15) is 5.10 Å². The van der Waals surface area contributed by atoms with Crippen molar-refractivity contribution in [2.45, 2.75) is 13.8 Å². The molecule has 4 aromatic rings. The van der Waals surface area contributed by atoms with E-state index in [1.54, 1.807) is 21.4 Å². The van der Waals surface area contributed by atoms with E-state index in [9.17, 15) is 9.18 Å². The molecular weight excluding hydrogens is 355 g/mol. The van der Waals surface area contributed by atoms with Crippen LogP contribution < -0.4 is 5.32 Å². The van der Waals surface area contributed by atoms with Gasteiger partial charge in [0.2, 0.25) is 0 Å². The largest absolute Gasteiger partial charge is 0.322 e. The number of benzene rings is 2. The topological polar surface area (TPSA) is 51.9 Å². The number of hydrogen-bond acceptors (Lipinski definition) is 2. The minimum Gasteiger partial charge on any atom is -0.322 e. The number of amides is 1. The molecule has 0 aliphatic carbocycles. The fourth-order valence-electron chi connectivity index (χ4n) is 3.10. The summed E-state index contributed by atoms with van der Waals surface area (Å²) in [6, 6.07) is 15.6. The van der Waals surface area contributed by atoms with Crippen LogP contribution in [0.5, 0.6) is 0 Å². The molecule has 140 valence electrons. The monoisotopic (exact) mass is 374 g/mol. The summed E-state index contributed by atoms with van der Waals surface area (Å²) in [5, 5.41) is 7.32. The van der Waals surface area contributed by atoms with Crippen molar-refractivity contribution < 1.29 is 9.18 Å². The molecule has 28 heavy (non-hydrogen) atoms. The van der Waals surface area contributed by atoms with Crippen LogP contribution in [0.2, 0.25) is 0 Å². The number of nitrogens with one attached hydrogen (secondary N) is 1. The van der Waals surface area contributed by atoms with Crippen molar-refractivity contribution >= 4 is 11.6 Å². The number of halogens is 1. The van der Waals surface area contributed by atoms with Crippen LogP contribution in [0, 0.1) is 19.7 Å². The van der Waals surface area contributed by atoms with E-state index in [2.05, 4.69) is 10.4 Å². The lowest BCUT2D eigenvalue weighted by molar-refractivity contribution is 0.102. The van der Waals surface area contributed by atoms with Crippen LogP contribution in [0.15, 0.2) is 73.2 Å². The number of hydrogen-bond donors (Lipinski definition) is 1. The zero-order valence-corrected chi connectivity index (χ0v) is 15.6. The molecule has 0 bridgehead atoms. The highest BCUT2D eigenvalue weighted by molar-refractivity contribution is 6.06. The molecule has 0 saturated carbocycles. The molecule has 0 atom stereocenters. The maximum Gasteiger partial charge on any atom is 0.261 e. The van der Waals surface area contributed by atoms with Crippen LogP contribution in [-0.2, 0) is 0 Å². The number of nitrogens with zero attached hydrogens (tertiary/aromatic N) is 3. The van der Waals surface area contributed by atoms with Crippen molar-refractivity contribution in [3.63, 3.8) is 0 Å². The van der Waals surface area contributed by atoms with Crippen LogP contribution in [0.25, 0.3) is 11.5 Å². The number of anilines is 1. The molecule has 4 rings (SSSR count). The number of aromatic nitrogens is 3. The van der Waals surface area contributed by atoms with E-state index in [1.165, 1.54) is 18.3 Å². The van der Waals surface area contributed by atoms with E-state index in [1.807, 2.05) is 56.6 Å². The molecule has 0 aliphatic rings. The maximum absolute atomic E-state index is 13.7. The molecule has 1 amide bonds. The average molecular weight is 374 g/mol. The molecule has 0 spiro atoms. The predicted octanol–water partition coefficient (Wildman–Crippen LogP) is 4.67. The molecule has 0 aliphatic heterocycles. The Morgan fingerprint density at radius 1 is 1.04 bits per heavy atom. The Morgan fingerprint density at radius 2 is 1.79 bits per heavy atom. The summed E-state index contributed by atoms with van der Waals surface area (Å²) in [6.07, 6.45) is 5.14. The first-order chi connectivity index (χ1) is 13.5. The fraction of sp³-hybridized carbons (Fsp3) is 0.0909. The third-order valence-corrected chi connectivity index (χ3v) is 4.74. The Hall–Kier alpha value is -3.67. The molecule has 6 heteroatoms. The number of rotatable bonds is 4. The quantitative estimate of drug-likeness (QED) is 0.564. The summed E-state index contributed by atoms with van der Waals surface area (Å²) in [5.41, 5.74) is 3.78. The van der Waals surface area contributed by atoms with Crippen molar-refractivity contribution in [3.05, 3.63) is 95.7 Å². The van der Waals surface area contributed by atoms with Crippen molar-refractivity contribution in [1.29, 1.82) is 0 Å². The first-order valence-electron chi connectivity index (χ1n) is 8.89. The number of carbonyl (C=O) groups excluding carboxylic acids is 1. The van der Waals surface area contributed by atoms with Gasteiger partial charge in [-0.05, 0) is 61.4 Å². The summed E-state index contributed by atoms with van der Waals surface area (Å²) in [7, 11) is 0. The highest BCUT2D eigenvalue weighted by atomic mass is 19.1. The van der Waals surface area contributed by atoms with Gasteiger partial charge >= 0.3 is 0 Å². The molecular formula is C22H19FN4O. The van der Waals surface area contributed by atoms with Crippen LogP contribution in [0.1, 0.15) is 21.5 Å². The van der Waals surface area contributed by atoms with Gasteiger partial charge < -0.3 is 9.88 Å². The molecule has 0 saturated heterocycles. The lowest BCUT2D eigenvalue weighted by Gasteiger charge is -2.13. The van der Waals surface area contributed by atoms with Crippen molar-refractivity contribution in [2.24, 2.45) is 0 Å². The Kier molecular flexibility index (Phi) is 4.53.